The molecule has 0 amide bonds. The Morgan fingerprint density at radius 1 is 0.500 bits per heavy atom. The van der Waals surface area contributed by atoms with E-state index < -0.39 is 43.3 Å². The monoisotopic (exact) mass is 519 g/mol. The van der Waals surface area contributed by atoms with Crippen molar-refractivity contribution in [2.45, 2.75) is 86.6 Å². The van der Waals surface area contributed by atoms with Crippen LogP contribution in [0.5, 0.6) is 0 Å². The van der Waals surface area contributed by atoms with Gasteiger partial charge in [-0.05, 0) is 0 Å². The predicted octanol–water partition coefficient (Wildman–Crippen LogP) is 6.66. The first-order chi connectivity index (χ1) is 8.40. The zero-order valence-electron chi connectivity index (χ0n) is 16.0. The van der Waals surface area contributed by atoms with E-state index in [0.29, 0.717) is 0 Å². The molecule has 0 aromatic rings. The number of rotatable bonds is 6. The normalized spacial score (nSPS) is 15.6. The molecule has 0 atom stereocenters. The third-order valence-corrected chi connectivity index (χ3v) is 70.6. The third kappa shape index (κ3) is 6.33. The molecular formula is C14H38GeISi4. The van der Waals surface area contributed by atoms with Crippen LogP contribution in [0.4, 0.5) is 0 Å². The van der Waals surface area contributed by atoms with Crippen LogP contribution in [0, 0.1) is 0 Å². The molecule has 0 aromatic heterocycles. The number of halogens is 1. The molecule has 0 aromatic carbocycles. The molecule has 0 aliphatic heterocycles. The van der Waals surface area contributed by atoms with E-state index in [-0.39, 0.29) is 0 Å². The van der Waals surface area contributed by atoms with Gasteiger partial charge in [-0.2, -0.15) is 0 Å². The van der Waals surface area contributed by atoms with Crippen LogP contribution >= 0.6 is 20.2 Å². The van der Waals surface area contributed by atoms with Gasteiger partial charge in [0.25, 0.3) is 0 Å². The van der Waals surface area contributed by atoms with Crippen LogP contribution < -0.4 is 0 Å². The van der Waals surface area contributed by atoms with Gasteiger partial charge in [-0.25, -0.2) is 0 Å². The summed E-state index contributed by atoms with van der Waals surface area (Å²) in [6, 6.07) is 0. The van der Waals surface area contributed by atoms with Gasteiger partial charge in [-0.3, -0.25) is 0 Å². The molecule has 0 heterocycles. The molecular weight excluding hydrogens is 480 g/mol. The van der Waals surface area contributed by atoms with Crippen molar-refractivity contribution in [3.63, 3.8) is 0 Å². The molecule has 0 aliphatic rings. The molecule has 1 radical (unpaired) electrons. The van der Waals surface area contributed by atoms with Crippen molar-refractivity contribution in [3.8, 4) is 0 Å². The topological polar surface area (TPSA) is 0 Å². The summed E-state index contributed by atoms with van der Waals surface area (Å²) in [5, 5.41) is 0. The fourth-order valence-corrected chi connectivity index (χ4v) is 115. The van der Waals surface area contributed by atoms with Crippen molar-refractivity contribution in [2.75, 3.05) is 0 Å². The van der Waals surface area contributed by atoms with Gasteiger partial charge in [0.2, 0.25) is 0 Å². The fraction of sp³-hybridized carbons (Fsp3) is 1.00. The predicted molar refractivity (Wildman–Crippen MR) is 121 cm³/mol. The molecule has 0 N–H and O–H groups in total. The Labute approximate surface area is 149 Å². The molecule has 0 rings (SSSR count). The summed E-state index contributed by atoms with van der Waals surface area (Å²) in [7, 11) is -4.13. The van der Waals surface area contributed by atoms with E-state index in [1.807, 2.05) is 0 Å². The molecule has 0 nitrogen and oxygen atoms in total. The van der Waals surface area contributed by atoms with Gasteiger partial charge in [-0.15, -0.1) is 0 Å². The SMILES string of the molecule is C[Si](C)(C)[CH]([Ge]([I])[CH]([Si](C)(C)C)[Si](C)(C)C)[Si](C)(C)C. The summed E-state index contributed by atoms with van der Waals surface area (Å²) < 4.78 is 2.41. The molecule has 0 bridgehead atoms. The van der Waals surface area contributed by atoms with Gasteiger partial charge in [0.15, 0.2) is 0 Å². The van der Waals surface area contributed by atoms with Crippen LogP contribution in [-0.2, 0) is 0 Å². The van der Waals surface area contributed by atoms with E-state index in [0.717, 1.165) is 0 Å². The van der Waals surface area contributed by atoms with E-state index in [1.165, 1.54) is 7.99 Å². The average molecular weight is 518 g/mol. The molecule has 20 heavy (non-hydrogen) atoms. The van der Waals surface area contributed by atoms with Crippen LogP contribution in [0.25, 0.3) is 0 Å². The number of hydrogen-bond donors (Lipinski definition) is 0. The number of hydrogen-bond acceptors (Lipinski definition) is 0. The molecule has 0 fully saturated rings. The third-order valence-electron chi connectivity index (χ3n) is 4.02. The van der Waals surface area contributed by atoms with Crippen molar-refractivity contribution in [1.82, 2.24) is 0 Å². The Bertz CT molecular complexity index is 260. The van der Waals surface area contributed by atoms with E-state index in [4.69, 9.17) is 0 Å². The molecule has 0 spiro atoms. The van der Waals surface area contributed by atoms with Crippen molar-refractivity contribution in [3.05, 3.63) is 0 Å². The minimum absolute atomic E-state index is 1.03. The first kappa shape index (κ1) is 22.1. The summed E-state index contributed by atoms with van der Waals surface area (Å²) in [4.78, 5) is 0. The molecule has 0 aliphatic carbocycles. The van der Waals surface area contributed by atoms with Gasteiger partial charge in [0.1, 0.15) is 0 Å². The van der Waals surface area contributed by atoms with Crippen molar-refractivity contribution >= 4 is 63.6 Å². The second kappa shape index (κ2) is 6.94. The molecule has 0 saturated carbocycles. The summed E-state index contributed by atoms with van der Waals surface area (Å²) in [5.41, 5.74) is 0. The Morgan fingerprint density at radius 2 is 0.650 bits per heavy atom. The molecule has 0 unspecified atom stereocenters. The first-order valence-electron chi connectivity index (χ1n) is 7.92. The van der Waals surface area contributed by atoms with Gasteiger partial charge >= 0.3 is 150 Å². The van der Waals surface area contributed by atoms with Gasteiger partial charge in [0, 0.05) is 0 Å². The van der Waals surface area contributed by atoms with Crippen molar-refractivity contribution in [2.24, 2.45) is 0 Å². The van der Waals surface area contributed by atoms with Crippen LogP contribution in [0.2, 0.25) is 86.6 Å². The van der Waals surface area contributed by atoms with Gasteiger partial charge in [0.05, 0.1) is 0 Å². The summed E-state index contributed by atoms with van der Waals surface area (Å²) in [5.74, 6) is 0. The maximum absolute atomic E-state index is 3.07. The summed E-state index contributed by atoms with van der Waals surface area (Å²) in [6.07, 6.45) is 0. The summed E-state index contributed by atoms with van der Waals surface area (Å²) in [6.45, 7) is 31.9. The van der Waals surface area contributed by atoms with Crippen molar-refractivity contribution in [1.29, 1.82) is 0 Å². The Morgan fingerprint density at radius 3 is 0.750 bits per heavy atom. The van der Waals surface area contributed by atoms with E-state index in [1.54, 1.807) is 0 Å². The maximum atomic E-state index is 3.07. The zero-order valence-corrected chi connectivity index (χ0v) is 24.3. The minimum atomic E-state index is -1.04. The second-order valence-electron chi connectivity index (χ2n) is 10.7. The quantitative estimate of drug-likeness (QED) is 0.273. The standard InChI is InChI=1S/C14H38GeISi4/c1-17(2,3)13(18(4,5)6)15(16)14(19(7,8)9)20(10,11)12/h13-14H,1-12H3. The zero-order chi connectivity index (χ0) is 16.7. The van der Waals surface area contributed by atoms with Gasteiger partial charge in [-0.1, -0.05) is 0 Å². The van der Waals surface area contributed by atoms with Crippen molar-refractivity contribution < 1.29 is 0 Å². The second-order valence-corrected chi connectivity index (χ2v) is 48.5. The molecule has 121 valence electrons. The molecule has 0 saturated heterocycles. The van der Waals surface area contributed by atoms with Crippen LogP contribution in [0.15, 0.2) is 0 Å². The van der Waals surface area contributed by atoms with Crippen LogP contribution in [-0.4, -0.2) is 43.3 Å². The van der Waals surface area contributed by atoms with E-state index >= 15 is 0 Å². The van der Waals surface area contributed by atoms with Crippen LogP contribution in [0.3, 0.4) is 0 Å². The Balaban J connectivity index is 5.81. The Kier molecular flexibility index (Phi) is 7.69. The van der Waals surface area contributed by atoms with E-state index in [9.17, 15) is 0 Å². The van der Waals surface area contributed by atoms with Gasteiger partial charge < -0.3 is 0 Å². The first-order valence-corrected chi connectivity index (χ1v) is 31.1. The molecule has 6 heteroatoms. The fourth-order valence-electron chi connectivity index (χ4n) is 4.42. The summed E-state index contributed by atoms with van der Waals surface area (Å²) >= 11 is 2.03. The van der Waals surface area contributed by atoms with Crippen LogP contribution in [0.1, 0.15) is 0 Å². The van der Waals surface area contributed by atoms with E-state index in [2.05, 4.69) is 98.8 Å². The Hall–Kier alpha value is 2.14. The average Bonchev–Trinajstić information content (AvgIpc) is 1.88.